The smallest absolute Gasteiger partial charge is 0.0312 e. The molecule has 0 spiro atoms. The van der Waals surface area contributed by atoms with E-state index in [0.29, 0.717) is 6.04 Å². The van der Waals surface area contributed by atoms with E-state index in [0.717, 1.165) is 19.6 Å². The third-order valence-corrected chi connectivity index (χ3v) is 3.71. The first kappa shape index (κ1) is 12.5. The minimum Gasteiger partial charge on any atom is -0.311 e. The molecule has 2 heterocycles. The van der Waals surface area contributed by atoms with E-state index in [9.17, 15) is 0 Å². The summed E-state index contributed by atoms with van der Waals surface area (Å²) in [5, 5.41) is 3.62. The summed E-state index contributed by atoms with van der Waals surface area (Å²) < 4.78 is 0. The predicted molar refractivity (Wildman–Crippen MR) is 70.8 cm³/mol. The van der Waals surface area contributed by atoms with Crippen LogP contribution < -0.4 is 5.32 Å². The van der Waals surface area contributed by atoms with Crippen LogP contribution in [0.15, 0.2) is 24.5 Å². The molecule has 1 aliphatic heterocycles. The molecule has 1 N–H and O–H groups in total. The van der Waals surface area contributed by atoms with Gasteiger partial charge in [0.05, 0.1) is 0 Å². The molecule has 0 aromatic carbocycles. The summed E-state index contributed by atoms with van der Waals surface area (Å²) in [7, 11) is 0. The third-order valence-electron chi connectivity index (χ3n) is 3.71. The fourth-order valence-electron chi connectivity index (χ4n) is 2.35. The van der Waals surface area contributed by atoms with E-state index in [1.165, 1.54) is 12.0 Å². The standard InChI is InChI=1S/C14H23N3/c1-4-13-10-17(14(2,3)11-16-13)9-12-6-5-7-15-8-12/h5-8,13,16H,4,9-11H2,1-3H3. The zero-order chi connectivity index (χ0) is 12.3. The summed E-state index contributed by atoms with van der Waals surface area (Å²) in [5.41, 5.74) is 1.53. The summed E-state index contributed by atoms with van der Waals surface area (Å²) in [6.45, 7) is 10.0. The van der Waals surface area contributed by atoms with Gasteiger partial charge in [0.15, 0.2) is 0 Å². The summed E-state index contributed by atoms with van der Waals surface area (Å²) in [6, 6.07) is 4.80. The van der Waals surface area contributed by atoms with Gasteiger partial charge in [-0.05, 0) is 31.9 Å². The van der Waals surface area contributed by atoms with Gasteiger partial charge in [-0.15, -0.1) is 0 Å². The van der Waals surface area contributed by atoms with Crippen LogP contribution in [0.3, 0.4) is 0 Å². The summed E-state index contributed by atoms with van der Waals surface area (Å²) in [5.74, 6) is 0. The molecule has 1 unspecified atom stereocenters. The maximum absolute atomic E-state index is 4.19. The Hall–Kier alpha value is -0.930. The van der Waals surface area contributed by atoms with Crippen LogP contribution >= 0.6 is 0 Å². The van der Waals surface area contributed by atoms with Crippen LogP contribution in [0.1, 0.15) is 32.8 Å². The lowest BCUT2D eigenvalue weighted by Gasteiger charge is -2.46. The maximum Gasteiger partial charge on any atom is 0.0312 e. The van der Waals surface area contributed by atoms with Crippen LogP contribution in [0.4, 0.5) is 0 Å². The van der Waals surface area contributed by atoms with Gasteiger partial charge < -0.3 is 5.32 Å². The molecule has 0 saturated carbocycles. The molecule has 1 atom stereocenters. The van der Waals surface area contributed by atoms with E-state index in [4.69, 9.17) is 0 Å². The van der Waals surface area contributed by atoms with Crippen LogP contribution in [0.5, 0.6) is 0 Å². The van der Waals surface area contributed by atoms with Gasteiger partial charge in [0.2, 0.25) is 0 Å². The predicted octanol–water partition coefficient (Wildman–Crippen LogP) is 2.04. The molecule has 3 heteroatoms. The van der Waals surface area contributed by atoms with Gasteiger partial charge in [0.25, 0.3) is 0 Å². The molecule has 1 aromatic heterocycles. The largest absolute Gasteiger partial charge is 0.311 e. The number of nitrogens with one attached hydrogen (secondary N) is 1. The quantitative estimate of drug-likeness (QED) is 0.866. The molecule has 1 aromatic rings. The van der Waals surface area contributed by atoms with Crippen LogP contribution in [0.25, 0.3) is 0 Å². The van der Waals surface area contributed by atoms with Crippen LogP contribution in [0.2, 0.25) is 0 Å². The Labute approximate surface area is 104 Å². The lowest BCUT2D eigenvalue weighted by Crippen LogP contribution is -2.61. The molecule has 17 heavy (non-hydrogen) atoms. The number of nitrogens with zero attached hydrogens (tertiary/aromatic N) is 2. The molecule has 3 nitrogen and oxygen atoms in total. The normalized spacial score (nSPS) is 24.8. The van der Waals surface area contributed by atoms with Crippen molar-refractivity contribution in [3.8, 4) is 0 Å². The Balaban J connectivity index is 2.06. The molecule has 0 aliphatic carbocycles. The number of pyridine rings is 1. The molecular formula is C14H23N3. The molecule has 1 fully saturated rings. The monoisotopic (exact) mass is 233 g/mol. The highest BCUT2D eigenvalue weighted by Gasteiger charge is 2.32. The average molecular weight is 233 g/mol. The zero-order valence-corrected chi connectivity index (χ0v) is 11.1. The molecule has 0 amide bonds. The first-order chi connectivity index (χ1) is 8.12. The van der Waals surface area contributed by atoms with Crippen LogP contribution in [-0.4, -0.2) is 34.6 Å². The van der Waals surface area contributed by atoms with Crippen LogP contribution in [-0.2, 0) is 6.54 Å². The van der Waals surface area contributed by atoms with Crippen molar-refractivity contribution in [1.29, 1.82) is 0 Å². The summed E-state index contributed by atoms with van der Waals surface area (Å²) in [6.07, 6.45) is 5.00. The Morgan fingerprint density at radius 3 is 3.00 bits per heavy atom. The molecule has 1 saturated heterocycles. The Kier molecular flexibility index (Phi) is 3.79. The van der Waals surface area contributed by atoms with E-state index in [2.05, 4.69) is 42.0 Å². The SMILES string of the molecule is CCC1CN(Cc2cccnc2)C(C)(C)CN1. The van der Waals surface area contributed by atoms with Crippen molar-refractivity contribution in [2.75, 3.05) is 13.1 Å². The highest BCUT2D eigenvalue weighted by Crippen LogP contribution is 2.21. The van der Waals surface area contributed by atoms with E-state index >= 15 is 0 Å². The van der Waals surface area contributed by atoms with E-state index in [-0.39, 0.29) is 5.54 Å². The fraction of sp³-hybridized carbons (Fsp3) is 0.643. The van der Waals surface area contributed by atoms with E-state index in [1.807, 2.05) is 18.5 Å². The number of rotatable bonds is 3. The van der Waals surface area contributed by atoms with Gasteiger partial charge >= 0.3 is 0 Å². The van der Waals surface area contributed by atoms with Crippen molar-refractivity contribution in [1.82, 2.24) is 15.2 Å². The minimum atomic E-state index is 0.224. The number of piperazine rings is 1. The molecule has 0 radical (unpaired) electrons. The Morgan fingerprint density at radius 1 is 1.53 bits per heavy atom. The van der Waals surface area contributed by atoms with Crippen molar-refractivity contribution in [2.24, 2.45) is 0 Å². The first-order valence-corrected chi connectivity index (χ1v) is 6.49. The third kappa shape index (κ3) is 3.05. The van der Waals surface area contributed by atoms with Crippen molar-refractivity contribution in [2.45, 2.75) is 45.3 Å². The van der Waals surface area contributed by atoms with Gasteiger partial charge in [0.1, 0.15) is 0 Å². The molecule has 1 aliphatic rings. The van der Waals surface area contributed by atoms with Gasteiger partial charge in [0, 0.05) is 43.6 Å². The highest BCUT2D eigenvalue weighted by atomic mass is 15.3. The Morgan fingerprint density at radius 2 is 2.35 bits per heavy atom. The topological polar surface area (TPSA) is 28.2 Å². The van der Waals surface area contributed by atoms with Crippen LogP contribution in [0, 0.1) is 0 Å². The minimum absolute atomic E-state index is 0.224. The Bertz CT molecular complexity index is 348. The molecule has 0 bridgehead atoms. The van der Waals surface area contributed by atoms with Gasteiger partial charge in [-0.2, -0.15) is 0 Å². The molecule has 2 rings (SSSR count). The van der Waals surface area contributed by atoms with E-state index in [1.54, 1.807) is 0 Å². The molecular weight excluding hydrogens is 210 g/mol. The van der Waals surface area contributed by atoms with Crippen molar-refractivity contribution >= 4 is 0 Å². The van der Waals surface area contributed by atoms with Crippen molar-refractivity contribution in [3.63, 3.8) is 0 Å². The maximum atomic E-state index is 4.19. The first-order valence-electron chi connectivity index (χ1n) is 6.49. The number of aromatic nitrogens is 1. The van der Waals surface area contributed by atoms with Gasteiger partial charge in [-0.25, -0.2) is 0 Å². The zero-order valence-electron chi connectivity index (χ0n) is 11.1. The summed E-state index contributed by atoms with van der Waals surface area (Å²) in [4.78, 5) is 6.76. The lowest BCUT2D eigenvalue weighted by molar-refractivity contribution is 0.0576. The van der Waals surface area contributed by atoms with E-state index < -0.39 is 0 Å². The van der Waals surface area contributed by atoms with Crippen molar-refractivity contribution < 1.29 is 0 Å². The molecule has 94 valence electrons. The number of hydrogen-bond acceptors (Lipinski definition) is 3. The van der Waals surface area contributed by atoms with Gasteiger partial charge in [-0.1, -0.05) is 13.0 Å². The lowest BCUT2D eigenvalue weighted by atomic mass is 9.96. The number of hydrogen-bond donors (Lipinski definition) is 1. The highest BCUT2D eigenvalue weighted by molar-refractivity contribution is 5.09. The van der Waals surface area contributed by atoms with Crippen molar-refractivity contribution in [3.05, 3.63) is 30.1 Å². The second-order valence-corrected chi connectivity index (χ2v) is 5.54. The van der Waals surface area contributed by atoms with Gasteiger partial charge in [-0.3, -0.25) is 9.88 Å². The second-order valence-electron chi connectivity index (χ2n) is 5.54. The fourth-order valence-corrected chi connectivity index (χ4v) is 2.35. The average Bonchev–Trinajstić information content (AvgIpc) is 2.33. The summed E-state index contributed by atoms with van der Waals surface area (Å²) >= 11 is 0. The second kappa shape index (κ2) is 5.15.